The van der Waals surface area contributed by atoms with Gasteiger partial charge >= 0.3 is 0 Å². The lowest BCUT2D eigenvalue weighted by molar-refractivity contribution is 0.0557. The van der Waals surface area contributed by atoms with Gasteiger partial charge in [0, 0.05) is 44.6 Å². The molecule has 0 saturated heterocycles. The van der Waals surface area contributed by atoms with Gasteiger partial charge < -0.3 is 9.32 Å². The zero-order valence-corrected chi connectivity index (χ0v) is 31.3. The third-order valence-corrected chi connectivity index (χ3v) is 15.1. The summed E-state index contributed by atoms with van der Waals surface area (Å²) in [6.07, 6.45) is 13.1. The summed E-state index contributed by atoms with van der Waals surface area (Å²) in [5, 5.41) is 2.35. The van der Waals surface area contributed by atoms with Crippen LogP contribution in [0.4, 0.5) is 17.1 Å². The second-order valence-corrected chi connectivity index (χ2v) is 17.4. The van der Waals surface area contributed by atoms with Crippen molar-refractivity contribution in [2.75, 3.05) is 4.90 Å². The van der Waals surface area contributed by atoms with E-state index >= 15 is 0 Å². The molecular weight excluding hydrogens is 655 g/mol. The van der Waals surface area contributed by atoms with Gasteiger partial charge in [-0.05, 0) is 125 Å². The Morgan fingerprint density at radius 2 is 1.31 bits per heavy atom. The highest BCUT2D eigenvalue weighted by molar-refractivity contribution is 6.06. The predicted molar refractivity (Wildman–Crippen MR) is 223 cm³/mol. The van der Waals surface area contributed by atoms with E-state index in [1.165, 1.54) is 120 Å². The first-order valence-corrected chi connectivity index (χ1v) is 20.9. The van der Waals surface area contributed by atoms with Crippen molar-refractivity contribution in [1.29, 1.82) is 0 Å². The molecule has 2 bridgehead atoms. The largest absolute Gasteiger partial charge is 0.456 e. The first-order valence-electron chi connectivity index (χ1n) is 20.9. The molecule has 5 aliphatic rings. The fourth-order valence-electron chi connectivity index (χ4n) is 13.2. The summed E-state index contributed by atoms with van der Waals surface area (Å²) >= 11 is 0. The van der Waals surface area contributed by atoms with Gasteiger partial charge in [0.2, 0.25) is 0 Å². The fourth-order valence-corrected chi connectivity index (χ4v) is 13.2. The summed E-state index contributed by atoms with van der Waals surface area (Å²) in [4.78, 5) is 2.60. The van der Waals surface area contributed by atoms with E-state index in [-0.39, 0.29) is 10.8 Å². The first-order chi connectivity index (χ1) is 26.7. The summed E-state index contributed by atoms with van der Waals surface area (Å²) in [6, 6.07) is 49.0. The highest BCUT2D eigenvalue weighted by Crippen LogP contribution is 2.66. The lowest BCUT2D eigenvalue weighted by Gasteiger charge is -2.54. The van der Waals surface area contributed by atoms with Crippen LogP contribution in [0.2, 0.25) is 0 Å². The van der Waals surface area contributed by atoms with Crippen molar-refractivity contribution in [3.05, 3.63) is 150 Å². The first kappa shape index (κ1) is 31.3. The molecule has 12 rings (SSSR count). The number of fused-ring (bicyclic) bond motifs is 16. The number of para-hydroxylation sites is 1. The number of anilines is 3. The summed E-state index contributed by atoms with van der Waals surface area (Å²) < 4.78 is 6.59. The van der Waals surface area contributed by atoms with Crippen LogP contribution in [0, 0.1) is 17.8 Å². The summed E-state index contributed by atoms with van der Waals surface area (Å²) in [6.45, 7) is 2.47. The molecule has 3 unspecified atom stereocenters. The van der Waals surface area contributed by atoms with Gasteiger partial charge in [0.1, 0.15) is 11.2 Å². The Hall–Kier alpha value is -5.08. The Morgan fingerprint density at radius 1 is 0.593 bits per heavy atom. The minimum Gasteiger partial charge on any atom is -0.456 e. The predicted octanol–water partition coefficient (Wildman–Crippen LogP) is 14.4. The SMILES string of the molecule is CCC1CC2CCCC(C2)[C@@]12c1ccccc1-c1ccc(N(c3ccc4c(c3)oc3ccccc34)c3cccc4c3-c3ccccc3C43CCCC3)cc12. The second kappa shape index (κ2) is 11.5. The van der Waals surface area contributed by atoms with Crippen molar-refractivity contribution in [1.82, 2.24) is 0 Å². The second-order valence-electron chi connectivity index (χ2n) is 17.4. The van der Waals surface area contributed by atoms with E-state index in [1.54, 1.807) is 11.1 Å². The molecule has 2 heteroatoms. The molecule has 2 spiro atoms. The van der Waals surface area contributed by atoms with Crippen LogP contribution in [-0.4, -0.2) is 0 Å². The van der Waals surface area contributed by atoms with Crippen molar-refractivity contribution >= 4 is 39.0 Å². The normalized spacial score (nSPS) is 24.2. The summed E-state index contributed by atoms with van der Waals surface area (Å²) in [5.74, 6) is 2.21. The number of rotatable bonds is 4. The molecule has 266 valence electrons. The number of furan rings is 1. The van der Waals surface area contributed by atoms with E-state index < -0.39 is 0 Å². The molecule has 0 aliphatic heterocycles. The Bertz CT molecular complexity index is 2630. The average Bonchev–Trinajstić information content (AvgIpc) is 3.99. The highest BCUT2D eigenvalue weighted by atomic mass is 16.3. The molecule has 1 aromatic heterocycles. The van der Waals surface area contributed by atoms with Crippen molar-refractivity contribution < 1.29 is 4.42 Å². The van der Waals surface area contributed by atoms with Crippen LogP contribution in [0.25, 0.3) is 44.2 Å². The summed E-state index contributed by atoms with van der Waals surface area (Å²) in [5.41, 5.74) is 17.7. The highest BCUT2D eigenvalue weighted by Gasteiger charge is 2.56. The quantitative estimate of drug-likeness (QED) is 0.182. The molecular formula is C52H47NO. The van der Waals surface area contributed by atoms with Crippen molar-refractivity contribution in [2.45, 2.75) is 82.0 Å². The average molecular weight is 702 g/mol. The molecule has 4 atom stereocenters. The van der Waals surface area contributed by atoms with Crippen LogP contribution in [-0.2, 0) is 10.8 Å². The van der Waals surface area contributed by atoms with Crippen LogP contribution >= 0.6 is 0 Å². The van der Waals surface area contributed by atoms with Gasteiger partial charge in [-0.1, -0.05) is 124 Å². The molecule has 3 fully saturated rings. The lowest BCUT2D eigenvalue weighted by atomic mass is 9.50. The Morgan fingerprint density at radius 3 is 2.20 bits per heavy atom. The zero-order valence-electron chi connectivity index (χ0n) is 31.3. The minimum atomic E-state index is 0.0567. The van der Waals surface area contributed by atoms with Gasteiger partial charge in [-0.2, -0.15) is 0 Å². The zero-order chi connectivity index (χ0) is 35.6. The third-order valence-electron chi connectivity index (χ3n) is 15.1. The van der Waals surface area contributed by atoms with Gasteiger partial charge in [-0.25, -0.2) is 0 Å². The molecule has 2 nitrogen and oxygen atoms in total. The van der Waals surface area contributed by atoms with Gasteiger partial charge in [-0.15, -0.1) is 0 Å². The van der Waals surface area contributed by atoms with Crippen LogP contribution in [0.1, 0.15) is 93.4 Å². The maximum atomic E-state index is 6.59. The monoisotopic (exact) mass is 701 g/mol. The van der Waals surface area contributed by atoms with Gasteiger partial charge in [-0.3, -0.25) is 0 Å². The van der Waals surface area contributed by atoms with E-state index in [4.69, 9.17) is 4.42 Å². The fraction of sp³-hybridized carbons (Fsp3) is 0.308. The van der Waals surface area contributed by atoms with E-state index in [1.807, 2.05) is 0 Å². The van der Waals surface area contributed by atoms with Gasteiger partial charge in [0.05, 0.1) is 5.69 Å². The molecule has 5 aliphatic carbocycles. The Kier molecular flexibility index (Phi) is 6.64. The standard InChI is InChI=1S/C52H47NO/c1-2-34-29-33-13-11-14-35(30-33)52(34)44-19-7-3-15-38(44)39-25-23-36(31-46(39)52)53(37-24-26-41-40-16-5-8-22-48(40)54-49(41)32-37)47-21-12-20-45-50(47)42-17-4-6-18-43(42)51(45)27-9-10-28-51/h3-8,12,15-26,31-35H,2,9-11,13-14,27-30H2,1H3/t33?,34?,35?,52-/m1/s1. The molecule has 7 aromatic rings. The molecule has 0 amide bonds. The Labute approximate surface area is 318 Å². The maximum absolute atomic E-state index is 6.59. The minimum absolute atomic E-state index is 0.0567. The van der Waals surface area contributed by atoms with Crippen LogP contribution in [0.15, 0.2) is 132 Å². The number of hydrogen-bond donors (Lipinski definition) is 0. The molecule has 1 heterocycles. The van der Waals surface area contributed by atoms with Gasteiger partial charge in [0.15, 0.2) is 0 Å². The number of benzene rings is 6. The molecule has 0 radical (unpaired) electrons. The Balaban J connectivity index is 1.13. The number of hydrogen-bond acceptors (Lipinski definition) is 2. The van der Waals surface area contributed by atoms with E-state index in [0.717, 1.165) is 22.8 Å². The molecule has 3 saturated carbocycles. The van der Waals surface area contributed by atoms with Gasteiger partial charge in [0.25, 0.3) is 0 Å². The topological polar surface area (TPSA) is 16.4 Å². The van der Waals surface area contributed by atoms with Crippen LogP contribution < -0.4 is 4.90 Å². The summed E-state index contributed by atoms with van der Waals surface area (Å²) in [7, 11) is 0. The lowest BCUT2D eigenvalue weighted by Crippen LogP contribution is -2.48. The van der Waals surface area contributed by atoms with Crippen molar-refractivity contribution in [3.8, 4) is 22.3 Å². The third kappa shape index (κ3) is 4.02. The van der Waals surface area contributed by atoms with Crippen molar-refractivity contribution in [3.63, 3.8) is 0 Å². The van der Waals surface area contributed by atoms with Crippen molar-refractivity contribution in [2.24, 2.45) is 17.8 Å². The van der Waals surface area contributed by atoms with Crippen LogP contribution in [0.5, 0.6) is 0 Å². The smallest absolute Gasteiger partial charge is 0.137 e. The van der Waals surface area contributed by atoms with Crippen LogP contribution in [0.3, 0.4) is 0 Å². The maximum Gasteiger partial charge on any atom is 0.137 e. The molecule has 6 aromatic carbocycles. The van der Waals surface area contributed by atoms with E-state index in [0.29, 0.717) is 11.8 Å². The molecule has 0 N–H and O–H groups in total. The van der Waals surface area contributed by atoms with E-state index in [9.17, 15) is 0 Å². The number of nitrogens with zero attached hydrogens (tertiary/aromatic N) is 1. The van der Waals surface area contributed by atoms with E-state index in [2.05, 4.69) is 139 Å². The molecule has 54 heavy (non-hydrogen) atoms.